The smallest absolute Gasteiger partial charge is 0.242 e. The monoisotopic (exact) mass is 514 g/mol. The minimum Gasteiger partial charge on any atom is -0.283 e. The Morgan fingerprint density at radius 1 is 0.718 bits per heavy atom. The zero-order valence-corrected chi connectivity index (χ0v) is 22.8. The van der Waals surface area contributed by atoms with Crippen molar-refractivity contribution < 1.29 is 0 Å². The summed E-state index contributed by atoms with van der Waals surface area (Å²) in [6, 6.07) is 24.5. The number of anilines is 2. The fraction of sp³-hybridized carbons (Fsp3) is 0.194. The maximum atomic E-state index is 5.08. The zero-order chi connectivity index (χ0) is 27.1. The summed E-state index contributed by atoms with van der Waals surface area (Å²) < 4.78 is 3.99. The van der Waals surface area contributed by atoms with E-state index in [2.05, 4.69) is 49.1 Å². The Balaban J connectivity index is 1.69. The molecule has 0 radical (unpaired) electrons. The number of para-hydroxylation sites is 5. The molecule has 0 aliphatic carbocycles. The van der Waals surface area contributed by atoms with Crippen LogP contribution in [0.1, 0.15) is 38.0 Å². The van der Waals surface area contributed by atoms with E-state index in [0.29, 0.717) is 17.8 Å². The molecule has 0 N–H and O–H groups in total. The van der Waals surface area contributed by atoms with Crippen molar-refractivity contribution in [2.45, 2.75) is 41.0 Å². The van der Waals surface area contributed by atoms with Crippen molar-refractivity contribution in [3.63, 3.8) is 0 Å². The highest BCUT2D eigenvalue weighted by Gasteiger charge is 2.23. The second-order valence-corrected chi connectivity index (χ2v) is 9.45. The van der Waals surface area contributed by atoms with Crippen LogP contribution in [-0.4, -0.2) is 34.1 Å². The maximum Gasteiger partial charge on any atom is 0.242 e. The molecule has 6 rings (SSSR count). The molecule has 39 heavy (non-hydrogen) atoms. The van der Waals surface area contributed by atoms with Gasteiger partial charge in [0.1, 0.15) is 11.6 Å². The van der Waals surface area contributed by atoms with Crippen molar-refractivity contribution in [1.29, 1.82) is 0 Å². The first-order valence-corrected chi connectivity index (χ1v) is 13.2. The third kappa shape index (κ3) is 4.14. The minimum absolute atomic E-state index is 0.501. The lowest BCUT2D eigenvalue weighted by Crippen LogP contribution is -2.22. The van der Waals surface area contributed by atoms with Crippen LogP contribution in [0.15, 0.2) is 84.6 Å². The van der Waals surface area contributed by atoms with Gasteiger partial charge < -0.3 is 0 Å². The lowest BCUT2D eigenvalue weighted by atomic mass is 10.1. The summed E-state index contributed by atoms with van der Waals surface area (Å²) in [6.07, 6.45) is 2.95. The van der Waals surface area contributed by atoms with Gasteiger partial charge in [-0.05, 0) is 70.0 Å². The fourth-order valence-electron chi connectivity index (χ4n) is 5.05. The molecule has 194 valence electrons. The first-order valence-electron chi connectivity index (χ1n) is 13.2. The van der Waals surface area contributed by atoms with E-state index >= 15 is 0 Å². The van der Waals surface area contributed by atoms with Crippen LogP contribution in [-0.2, 0) is 6.42 Å². The summed E-state index contributed by atoms with van der Waals surface area (Å²) >= 11 is 0. The summed E-state index contributed by atoms with van der Waals surface area (Å²) in [5, 5.41) is 0. The molecule has 0 saturated carbocycles. The average Bonchev–Trinajstić information content (AvgIpc) is 3.48. The topological polar surface area (TPSA) is 77.5 Å². The van der Waals surface area contributed by atoms with Gasteiger partial charge in [-0.2, -0.15) is 15.0 Å². The standard InChI is InChI=1S/C31H30N8/c1-6-20(3)37(26-17-11-8-14-23(26)7-2)29-34-30(38-21(4)32-24-15-9-12-18-27(24)38)36-31(35-29)39-22(5)33-25-16-10-13-19-28(25)39/h6,8-19H,7H2,1-5H3. The van der Waals surface area contributed by atoms with Crippen molar-refractivity contribution in [2.75, 3.05) is 4.90 Å². The minimum atomic E-state index is 0.501. The van der Waals surface area contributed by atoms with Crippen LogP contribution in [0.4, 0.5) is 11.6 Å². The summed E-state index contributed by atoms with van der Waals surface area (Å²) in [6.45, 7) is 10.2. The van der Waals surface area contributed by atoms with Gasteiger partial charge in [0.05, 0.1) is 27.8 Å². The average molecular weight is 515 g/mol. The number of aryl methyl sites for hydroxylation is 3. The molecule has 0 amide bonds. The van der Waals surface area contributed by atoms with Crippen molar-refractivity contribution >= 4 is 33.7 Å². The Morgan fingerprint density at radius 3 is 1.77 bits per heavy atom. The lowest BCUT2D eigenvalue weighted by Gasteiger charge is -2.26. The Bertz CT molecular complexity index is 1760. The quantitative estimate of drug-likeness (QED) is 0.244. The third-order valence-corrected chi connectivity index (χ3v) is 7.04. The molecule has 0 aliphatic rings. The van der Waals surface area contributed by atoms with Gasteiger partial charge in [-0.1, -0.05) is 55.5 Å². The van der Waals surface area contributed by atoms with E-state index in [1.165, 1.54) is 5.56 Å². The molecule has 0 aliphatic heterocycles. The van der Waals surface area contributed by atoms with Gasteiger partial charge in [-0.15, -0.1) is 0 Å². The SMILES string of the molecule is CC=C(C)N(c1nc(-n2c(C)nc3ccccc32)nc(-n2c(C)nc3ccccc32)n1)c1ccccc1CC. The highest BCUT2D eigenvalue weighted by molar-refractivity contribution is 5.79. The summed E-state index contributed by atoms with van der Waals surface area (Å²) in [5.74, 6) is 3.13. The van der Waals surface area contributed by atoms with E-state index in [4.69, 9.17) is 24.9 Å². The molecule has 8 nitrogen and oxygen atoms in total. The number of nitrogens with zero attached hydrogens (tertiary/aromatic N) is 8. The molecule has 0 unspecified atom stereocenters. The number of hydrogen-bond donors (Lipinski definition) is 0. The normalized spacial score (nSPS) is 12.0. The van der Waals surface area contributed by atoms with Crippen LogP contribution in [0.3, 0.4) is 0 Å². The molecule has 3 aromatic heterocycles. The van der Waals surface area contributed by atoms with Gasteiger partial charge in [-0.3, -0.25) is 14.0 Å². The largest absolute Gasteiger partial charge is 0.283 e. The van der Waals surface area contributed by atoms with E-state index < -0.39 is 0 Å². The van der Waals surface area contributed by atoms with Gasteiger partial charge in [0.2, 0.25) is 17.8 Å². The molecular weight excluding hydrogens is 484 g/mol. The highest BCUT2D eigenvalue weighted by Crippen LogP contribution is 2.32. The number of imidazole rings is 2. The first kappa shape index (κ1) is 24.5. The van der Waals surface area contributed by atoms with Crippen LogP contribution in [0.25, 0.3) is 34.0 Å². The number of fused-ring (bicyclic) bond motifs is 2. The Labute approximate surface area is 227 Å². The van der Waals surface area contributed by atoms with Gasteiger partial charge in [0.25, 0.3) is 0 Å². The van der Waals surface area contributed by atoms with Gasteiger partial charge in [-0.25, -0.2) is 9.97 Å². The molecule has 3 heterocycles. The highest BCUT2D eigenvalue weighted by atomic mass is 15.4. The summed E-state index contributed by atoms with van der Waals surface area (Å²) in [4.78, 5) is 26.8. The third-order valence-electron chi connectivity index (χ3n) is 7.04. The van der Waals surface area contributed by atoms with E-state index in [-0.39, 0.29) is 0 Å². The fourth-order valence-corrected chi connectivity index (χ4v) is 5.05. The number of rotatable bonds is 6. The Hall–Kier alpha value is -4.85. The van der Waals surface area contributed by atoms with Gasteiger partial charge in [0, 0.05) is 5.70 Å². The molecular formula is C31H30N8. The van der Waals surface area contributed by atoms with E-state index in [1.807, 2.05) is 78.4 Å². The van der Waals surface area contributed by atoms with E-state index in [9.17, 15) is 0 Å². The molecule has 3 aromatic carbocycles. The predicted molar refractivity (Wildman–Crippen MR) is 156 cm³/mol. The second kappa shape index (κ2) is 9.79. The molecule has 0 spiro atoms. The van der Waals surface area contributed by atoms with E-state index in [1.54, 1.807) is 0 Å². The number of benzene rings is 3. The lowest BCUT2D eigenvalue weighted by molar-refractivity contribution is 0.817. The van der Waals surface area contributed by atoms with Crippen LogP contribution >= 0.6 is 0 Å². The number of allylic oxidation sites excluding steroid dienone is 2. The van der Waals surface area contributed by atoms with Crippen molar-refractivity contribution in [3.05, 3.63) is 102 Å². The van der Waals surface area contributed by atoms with Gasteiger partial charge in [0.15, 0.2) is 0 Å². The number of aromatic nitrogens is 7. The first-order chi connectivity index (χ1) is 19.0. The Morgan fingerprint density at radius 2 is 1.23 bits per heavy atom. The second-order valence-electron chi connectivity index (χ2n) is 9.45. The molecule has 8 heteroatoms. The molecule has 0 fully saturated rings. The van der Waals surface area contributed by atoms with Crippen LogP contribution in [0.2, 0.25) is 0 Å². The van der Waals surface area contributed by atoms with Crippen LogP contribution in [0, 0.1) is 13.8 Å². The molecule has 0 bridgehead atoms. The molecule has 0 saturated heterocycles. The summed E-state index contributed by atoms with van der Waals surface area (Å²) in [5.41, 5.74) is 6.91. The maximum absolute atomic E-state index is 5.08. The summed E-state index contributed by atoms with van der Waals surface area (Å²) in [7, 11) is 0. The van der Waals surface area contributed by atoms with Crippen molar-refractivity contribution in [1.82, 2.24) is 34.1 Å². The van der Waals surface area contributed by atoms with Crippen molar-refractivity contribution in [3.8, 4) is 11.9 Å². The zero-order valence-electron chi connectivity index (χ0n) is 22.8. The number of hydrogen-bond acceptors (Lipinski definition) is 6. The van der Waals surface area contributed by atoms with Crippen LogP contribution < -0.4 is 4.90 Å². The Kier molecular flexibility index (Phi) is 6.15. The predicted octanol–water partition coefficient (Wildman–Crippen LogP) is 6.79. The molecule has 6 aromatic rings. The van der Waals surface area contributed by atoms with Crippen LogP contribution in [0.5, 0.6) is 0 Å². The van der Waals surface area contributed by atoms with Gasteiger partial charge >= 0.3 is 0 Å². The van der Waals surface area contributed by atoms with E-state index in [0.717, 1.165) is 51.5 Å². The molecule has 0 atom stereocenters. The van der Waals surface area contributed by atoms with Crippen molar-refractivity contribution in [2.24, 2.45) is 0 Å².